The fourth-order valence-electron chi connectivity index (χ4n) is 1.70. The van der Waals surface area contributed by atoms with E-state index in [0.29, 0.717) is 6.54 Å². The minimum absolute atomic E-state index is 0.638. The molecule has 2 heteroatoms. The lowest BCUT2D eigenvalue weighted by Gasteiger charge is -2.04. The van der Waals surface area contributed by atoms with Crippen molar-refractivity contribution in [3.63, 3.8) is 0 Å². The first-order valence-electron chi connectivity index (χ1n) is 5.22. The van der Waals surface area contributed by atoms with Crippen molar-refractivity contribution in [2.45, 2.75) is 19.9 Å². The van der Waals surface area contributed by atoms with Gasteiger partial charge >= 0.3 is 0 Å². The molecule has 1 nitrogen and oxygen atoms in total. The summed E-state index contributed by atoms with van der Waals surface area (Å²) in [7, 11) is 0. The molecular weight excluding hydrogens is 202 g/mol. The van der Waals surface area contributed by atoms with Crippen LogP contribution in [-0.2, 0) is 13.0 Å². The fraction of sp³-hybridized carbons (Fsp3) is 0.231. The van der Waals surface area contributed by atoms with Gasteiger partial charge in [-0.1, -0.05) is 31.2 Å². The Balaban J connectivity index is 2.44. The van der Waals surface area contributed by atoms with E-state index in [1.165, 1.54) is 20.9 Å². The van der Waals surface area contributed by atoms with E-state index < -0.39 is 0 Å². The van der Waals surface area contributed by atoms with Gasteiger partial charge in [0.15, 0.2) is 0 Å². The van der Waals surface area contributed by atoms with E-state index in [1.54, 1.807) is 11.3 Å². The smallest absolute Gasteiger partial charge is 0.0348 e. The maximum Gasteiger partial charge on any atom is 0.0348 e. The Morgan fingerprint density at radius 1 is 1.13 bits per heavy atom. The van der Waals surface area contributed by atoms with E-state index in [4.69, 9.17) is 5.73 Å². The summed E-state index contributed by atoms with van der Waals surface area (Å²) in [4.78, 5) is 2.57. The number of aryl methyl sites for hydroxylation is 1. The Labute approximate surface area is 94.6 Å². The van der Waals surface area contributed by atoms with Gasteiger partial charge in [-0.2, -0.15) is 0 Å². The summed E-state index contributed by atoms with van der Waals surface area (Å²) < 4.78 is 0. The highest BCUT2D eigenvalue weighted by Crippen LogP contribution is 2.30. The van der Waals surface area contributed by atoms with Crippen molar-refractivity contribution in [2.75, 3.05) is 0 Å². The molecule has 0 fully saturated rings. The molecule has 1 aromatic heterocycles. The molecule has 1 heterocycles. The molecule has 0 saturated carbocycles. The number of hydrogen-bond donors (Lipinski definition) is 1. The largest absolute Gasteiger partial charge is 0.326 e. The van der Waals surface area contributed by atoms with Gasteiger partial charge in [-0.05, 0) is 29.7 Å². The second kappa shape index (κ2) is 4.60. The molecule has 0 radical (unpaired) electrons. The van der Waals surface area contributed by atoms with Crippen LogP contribution in [0.15, 0.2) is 36.4 Å². The summed E-state index contributed by atoms with van der Waals surface area (Å²) in [6.07, 6.45) is 1.08. The second-order valence-corrected chi connectivity index (χ2v) is 4.65. The second-order valence-electron chi connectivity index (χ2n) is 3.48. The molecule has 0 saturated heterocycles. The van der Waals surface area contributed by atoms with Crippen LogP contribution in [0, 0.1) is 0 Å². The van der Waals surface area contributed by atoms with Crippen molar-refractivity contribution in [1.82, 2.24) is 0 Å². The van der Waals surface area contributed by atoms with Gasteiger partial charge in [0.2, 0.25) is 0 Å². The van der Waals surface area contributed by atoms with Gasteiger partial charge in [0.1, 0.15) is 0 Å². The summed E-state index contributed by atoms with van der Waals surface area (Å²) in [6.45, 7) is 2.83. The lowest BCUT2D eigenvalue weighted by atomic mass is 10.0. The molecule has 2 rings (SSSR count). The van der Waals surface area contributed by atoms with E-state index in [-0.39, 0.29) is 0 Å². The monoisotopic (exact) mass is 217 g/mol. The van der Waals surface area contributed by atoms with Crippen LogP contribution in [0.4, 0.5) is 0 Å². The first kappa shape index (κ1) is 10.4. The van der Waals surface area contributed by atoms with Crippen LogP contribution >= 0.6 is 11.3 Å². The predicted molar refractivity (Wildman–Crippen MR) is 67.0 cm³/mol. The molecule has 15 heavy (non-hydrogen) atoms. The molecule has 78 valence electrons. The third kappa shape index (κ3) is 2.11. The van der Waals surface area contributed by atoms with Gasteiger partial charge < -0.3 is 5.73 Å². The molecular formula is C13H15NS. The van der Waals surface area contributed by atoms with E-state index in [2.05, 4.69) is 43.3 Å². The molecule has 0 aliphatic rings. The van der Waals surface area contributed by atoms with Crippen molar-refractivity contribution in [3.05, 3.63) is 46.8 Å². The third-order valence-electron chi connectivity index (χ3n) is 2.53. The third-order valence-corrected chi connectivity index (χ3v) is 3.67. The molecule has 2 N–H and O–H groups in total. The molecule has 2 aromatic rings. The first-order valence-corrected chi connectivity index (χ1v) is 6.04. The highest BCUT2D eigenvalue weighted by atomic mass is 32.1. The number of nitrogens with two attached hydrogens (primary N) is 1. The van der Waals surface area contributed by atoms with Crippen LogP contribution in [0.25, 0.3) is 10.4 Å². The number of thiophene rings is 1. The average Bonchev–Trinajstić information content (AvgIpc) is 2.77. The van der Waals surface area contributed by atoms with Crippen LogP contribution in [0.5, 0.6) is 0 Å². The number of rotatable bonds is 3. The summed E-state index contributed by atoms with van der Waals surface area (Å²) in [5.41, 5.74) is 8.38. The van der Waals surface area contributed by atoms with Crippen molar-refractivity contribution >= 4 is 11.3 Å². The molecule has 0 bridgehead atoms. The van der Waals surface area contributed by atoms with Crippen molar-refractivity contribution in [3.8, 4) is 10.4 Å². The number of benzene rings is 1. The Morgan fingerprint density at radius 3 is 2.60 bits per heavy atom. The summed E-state index contributed by atoms with van der Waals surface area (Å²) in [5.74, 6) is 0. The Hall–Kier alpha value is -1.12. The van der Waals surface area contributed by atoms with Crippen LogP contribution in [0.3, 0.4) is 0 Å². The Kier molecular flexibility index (Phi) is 3.19. The van der Waals surface area contributed by atoms with Crippen molar-refractivity contribution in [1.29, 1.82) is 0 Å². The maximum atomic E-state index is 5.62. The van der Waals surface area contributed by atoms with Gasteiger partial charge in [0.05, 0.1) is 0 Å². The van der Waals surface area contributed by atoms with Gasteiger partial charge in [-0.15, -0.1) is 11.3 Å². The Morgan fingerprint density at radius 2 is 1.93 bits per heavy atom. The van der Waals surface area contributed by atoms with Gasteiger partial charge in [0.25, 0.3) is 0 Å². The molecule has 0 atom stereocenters. The highest BCUT2D eigenvalue weighted by molar-refractivity contribution is 7.15. The molecule has 0 unspecified atom stereocenters. The zero-order chi connectivity index (χ0) is 10.7. The molecule has 0 spiro atoms. The summed E-state index contributed by atoms with van der Waals surface area (Å²) in [6, 6.07) is 12.9. The van der Waals surface area contributed by atoms with Crippen LogP contribution in [-0.4, -0.2) is 0 Å². The summed E-state index contributed by atoms with van der Waals surface area (Å²) >= 11 is 1.79. The van der Waals surface area contributed by atoms with E-state index in [0.717, 1.165) is 6.42 Å². The molecule has 1 aromatic carbocycles. The normalized spacial score (nSPS) is 10.5. The minimum Gasteiger partial charge on any atom is -0.326 e. The standard InChI is InChI=1S/C13H15NS/c1-2-10-5-3-4-6-12(10)13-8-7-11(9-14)15-13/h3-8H,2,9,14H2,1H3. The first-order chi connectivity index (χ1) is 7.35. The maximum absolute atomic E-state index is 5.62. The van der Waals surface area contributed by atoms with Crippen LogP contribution < -0.4 is 5.73 Å². The quantitative estimate of drug-likeness (QED) is 0.837. The van der Waals surface area contributed by atoms with Gasteiger partial charge in [-0.25, -0.2) is 0 Å². The number of hydrogen-bond acceptors (Lipinski definition) is 2. The van der Waals surface area contributed by atoms with Crippen molar-refractivity contribution < 1.29 is 0 Å². The lowest BCUT2D eigenvalue weighted by Crippen LogP contribution is -1.91. The molecule has 0 aliphatic carbocycles. The molecule has 0 amide bonds. The van der Waals surface area contributed by atoms with Crippen LogP contribution in [0.2, 0.25) is 0 Å². The van der Waals surface area contributed by atoms with E-state index >= 15 is 0 Å². The lowest BCUT2D eigenvalue weighted by molar-refractivity contribution is 1.11. The van der Waals surface area contributed by atoms with Gasteiger partial charge in [0, 0.05) is 16.3 Å². The SMILES string of the molecule is CCc1ccccc1-c1ccc(CN)s1. The zero-order valence-electron chi connectivity index (χ0n) is 8.86. The van der Waals surface area contributed by atoms with Crippen LogP contribution in [0.1, 0.15) is 17.4 Å². The topological polar surface area (TPSA) is 26.0 Å². The average molecular weight is 217 g/mol. The minimum atomic E-state index is 0.638. The Bertz CT molecular complexity index is 445. The van der Waals surface area contributed by atoms with Crippen molar-refractivity contribution in [2.24, 2.45) is 5.73 Å². The fourth-order valence-corrected chi connectivity index (χ4v) is 2.65. The van der Waals surface area contributed by atoms with E-state index in [1.807, 2.05) is 0 Å². The molecule has 0 aliphatic heterocycles. The summed E-state index contributed by atoms with van der Waals surface area (Å²) in [5, 5.41) is 0. The van der Waals surface area contributed by atoms with E-state index in [9.17, 15) is 0 Å². The highest BCUT2D eigenvalue weighted by Gasteiger charge is 2.05. The predicted octanol–water partition coefficient (Wildman–Crippen LogP) is 3.44. The van der Waals surface area contributed by atoms with Gasteiger partial charge in [-0.3, -0.25) is 0 Å². The zero-order valence-corrected chi connectivity index (χ0v) is 9.68.